The van der Waals surface area contributed by atoms with E-state index in [0.29, 0.717) is 12.5 Å². The number of carbonyl (C=O) groups excluding carboxylic acids is 2. The fraction of sp³-hybridized carbons (Fsp3) is 0.724. The number of piperazine rings is 2. The maximum Gasteiger partial charge on any atom is 0.251 e. The third-order valence-corrected chi connectivity index (χ3v) is 8.99. The van der Waals surface area contributed by atoms with Gasteiger partial charge in [-0.3, -0.25) is 19.4 Å². The molecule has 2 saturated carbocycles. The molecule has 0 unspecified atom stereocenters. The van der Waals surface area contributed by atoms with Crippen molar-refractivity contribution < 1.29 is 9.59 Å². The maximum atomic E-state index is 12.9. The van der Waals surface area contributed by atoms with E-state index in [-0.39, 0.29) is 11.8 Å². The van der Waals surface area contributed by atoms with Crippen molar-refractivity contribution in [1.82, 2.24) is 20.0 Å². The van der Waals surface area contributed by atoms with Crippen molar-refractivity contribution in [2.75, 3.05) is 70.3 Å². The first-order chi connectivity index (χ1) is 17.7. The van der Waals surface area contributed by atoms with Gasteiger partial charge in [0.05, 0.1) is 6.54 Å². The molecular weight excluding hydrogens is 450 g/mol. The minimum atomic E-state index is 0.0414. The minimum absolute atomic E-state index is 0.0414. The zero-order valence-electron chi connectivity index (χ0n) is 22.0. The fourth-order valence-corrected chi connectivity index (χ4v) is 6.64. The highest BCUT2D eigenvalue weighted by molar-refractivity contribution is 5.95. The number of anilines is 1. The SMILES string of the molecule is O=C(NCC1CCCCC1)c1cccc(N2CCN(CC(=O)N3CCN(C4CCCC4)CC3)CC2)c1. The summed E-state index contributed by atoms with van der Waals surface area (Å²) in [5.41, 5.74) is 1.85. The Balaban J connectivity index is 1.04. The summed E-state index contributed by atoms with van der Waals surface area (Å²) < 4.78 is 0. The largest absolute Gasteiger partial charge is 0.369 e. The third kappa shape index (κ3) is 6.60. The number of hydrogen-bond donors (Lipinski definition) is 1. The van der Waals surface area contributed by atoms with Gasteiger partial charge in [-0.05, 0) is 49.8 Å². The van der Waals surface area contributed by atoms with Crippen LogP contribution in [0.25, 0.3) is 0 Å². The van der Waals surface area contributed by atoms with Crippen LogP contribution in [0.2, 0.25) is 0 Å². The summed E-state index contributed by atoms with van der Waals surface area (Å²) in [6.45, 7) is 8.69. The van der Waals surface area contributed by atoms with Crippen LogP contribution in [0, 0.1) is 5.92 Å². The number of carbonyl (C=O) groups is 2. The monoisotopic (exact) mass is 495 g/mol. The van der Waals surface area contributed by atoms with Crippen molar-refractivity contribution in [3.05, 3.63) is 29.8 Å². The molecule has 0 bridgehead atoms. The summed E-state index contributed by atoms with van der Waals surface area (Å²) in [5.74, 6) is 0.962. The van der Waals surface area contributed by atoms with E-state index in [1.165, 1.54) is 57.8 Å². The number of hydrogen-bond acceptors (Lipinski definition) is 5. The molecule has 7 heteroatoms. The molecule has 0 spiro atoms. The van der Waals surface area contributed by atoms with Crippen molar-refractivity contribution in [3.63, 3.8) is 0 Å². The molecule has 2 amide bonds. The molecule has 0 atom stereocenters. The molecule has 5 rings (SSSR count). The Bertz CT molecular complexity index is 864. The quantitative estimate of drug-likeness (QED) is 0.630. The number of nitrogens with zero attached hydrogens (tertiary/aromatic N) is 4. The average molecular weight is 496 g/mol. The van der Waals surface area contributed by atoms with E-state index in [1.54, 1.807) is 0 Å². The van der Waals surface area contributed by atoms with Crippen LogP contribution in [0.4, 0.5) is 5.69 Å². The molecule has 36 heavy (non-hydrogen) atoms. The zero-order valence-corrected chi connectivity index (χ0v) is 22.0. The second-order valence-electron chi connectivity index (χ2n) is 11.4. The first-order valence-corrected chi connectivity index (χ1v) is 14.5. The molecule has 1 aromatic carbocycles. The summed E-state index contributed by atoms with van der Waals surface area (Å²) >= 11 is 0. The standard InChI is InChI=1S/C29H45N5O2/c35-28(34-19-17-32(18-20-34)26-10-4-5-11-26)23-31-13-15-33(16-14-31)27-12-6-9-25(21-27)29(36)30-22-24-7-2-1-3-8-24/h6,9,12,21,24,26H,1-5,7-8,10-11,13-20,22-23H2,(H,30,36). The highest BCUT2D eigenvalue weighted by Gasteiger charge is 2.29. The predicted octanol–water partition coefficient (Wildman–Crippen LogP) is 3.21. The van der Waals surface area contributed by atoms with Crippen molar-refractivity contribution in [2.24, 2.45) is 5.92 Å². The van der Waals surface area contributed by atoms with Crippen LogP contribution < -0.4 is 10.2 Å². The van der Waals surface area contributed by atoms with Crippen LogP contribution in [-0.4, -0.2) is 98.0 Å². The topological polar surface area (TPSA) is 59.1 Å². The van der Waals surface area contributed by atoms with Gasteiger partial charge in [0, 0.05) is 76.2 Å². The lowest BCUT2D eigenvalue weighted by Crippen LogP contribution is -2.55. The smallest absolute Gasteiger partial charge is 0.251 e. The van der Waals surface area contributed by atoms with Gasteiger partial charge in [0.2, 0.25) is 5.91 Å². The Morgan fingerprint density at radius 2 is 1.50 bits per heavy atom. The first-order valence-electron chi connectivity index (χ1n) is 14.5. The fourth-order valence-electron chi connectivity index (χ4n) is 6.64. The Kier molecular flexibility index (Phi) is 8.80. The molecule has 1 aromatic rings. The Labute approximate surface area is 217 Å². The van der Waals surface area contributed by atoms with Gasteiger partial charge >= 0.3 is 0 Å². The summed E-state index contributed by atoms with van der Waals surface area (Å²) in [5, 5.41) is 3.17. The van der Waals surface area contributed by atoms with Crippen molar-refractivity contribution in [3.8, 4) is 0 Å². The third-order valence-electron chi connectivity index (χ3n) is 8.99. The number of rotatable bonds is 7. The molecule has 2 aliphatic heterocycles. The zero-order chi connectivity index (χ0) is 24.7. The average Bonchev–Trinajstić information content (AvgIpc) is 3.48. The Morgan fingerprint density at radius 3 is 2.22 bits per heavy atom. The molecule has 1 N–H and O–H groups in total. The van der Waals surface area contributed by atoms with E-state index in [1.807, 2.05) is 18.2 Å². The molecule has 7 nitrogen and oxygen atoms in total. The lowest BCUT2D eigenvalue weighted by atomic mass is 9.89. The lowest BCUT2D eigenvalue weighted by Gasteiger charge is -2.40. The second kappa shape index (κ2) is 12.4. The molecule has 0 radical (unpaired) electrons. The van der Waals surface area contributed by atoms with Crippen molar-refractivity contribution >= 4 is 17.5 Å². The van der Waals surface area contributed by atoms with Gasteiger partial charge in [-0.15, -0.1) is 0 Å². The van der Waals surface area contributed by atoms with E-state index < -0.39 is 0 Å². The van der Waals surface area contributed by atoms with Crippen molar-refractivity contribution in [2.45, 2.75) is 63.8 Å². The van der Waals surface area contributed by atoms with E-state index >= 15 is 0 Å². The lowest BCUT2D eigenvalue weighted by molar-refractivity contribution is -0.134. The maximum absolute atomic E-state index is 12.9. The van der Waals surface area contributed by atoms with Crippen molar-refractivity contribution in [1.29, 1.82) is 0 Å². The van der Waals surface area contributed by atoms with Gasteiger partial charge in [-0.25, -0.2) is 0 Å². The minimum Gasteiger partial charge on any atom is -0.369 e. The number of nitrogens with one attached hydrogen (secondary N) is 1. The van der Waals surface area contributed by atoms with E-state index in [9.17, 15) is 9.59 Å². The van der Waals surface area contributed by atoms with Gasteiger partial charge in [-0.1, -0.05) is 38.2 Å². The second-order valence-corrected chi connectivity index (χ2v) is 11.4. The molecule has 2 aliphatic carbocycles. The first kappa shape index (κ1) is 25.5. The number of amides is 2. The molecule has 2 heterocycles. The van der Waals surface area contributed by atoms with Gasteiger partial charge in [-0.2, -0.15) is 0 Å². The molecule has 4 fully saturated rings. The van der Waals surface area contributed by atoms with Crippen LogP contribution in [0.15, 0.2) is 24.3 Å². The van der Waals surface area contributed by atoms with E-state index in [2.05, 4.69) is 31.0 Å². The predicted molar refractivity (Wildman–Crippen MR) is 144 cm³/mol. The molecule has 2 saturated heterocycles. The summed E-state index contributed by atoms with van der Waals surface area (Å²) in [6, 6.07) is 8.80. The normalized spacial score (nSPS) is 23.2. The van der Waals surface area contributed by atoms with Crippen LogP contribution in [0.3, 0.4) is 0 Å². The van der Waals surface area contributed by atoms with Gasteiger partial charge < -0.3 is 15.1 Å². The Hall–Kier alpha value is -2.12. The van der Waals surface area contributed by atoms with Gasteiger partial charge in [0.1, 0.15) is 0 Å². The summed E-state index contributed by atoms with van der Waals surface area (Å²) in [6.07, 6.45) is 11.8. The van der Waals surface area contributed by atoms with E-state index in [0.717, 1.165) is 76.2 Å². The van der Waals surface area contributed by atoms with E-state index in [4.69, 9.17) is 0 Å². The summed E-state index contributed by atoms with van der Waals surface area (Å²) in [4.78, 5) is 35.0. The molecule has 4 aliphatic rings. The van der Waals surface area contributed by atoms with Crippen LogP contribution in [0.1, 0.15) is 68.1 Å². The highest BCUT2D eigenvalue weighted by atomic mass is 16.2. The molecule has 0 aromatic heterocycles. The Morgan fingerprint density at radius 1 is 0.806 bits per heavy atom. The molecular formula is C29H45N5O2. The highest BCUT2D eigenvalue weighted by Crippen LogP contribution is 2.25. The van der Waals surface area contributed by atoms with Crippen LogP contribution in [-0.2, 0) is 4.79 Å². The van der Waals surface area contributed by atoms with Gasteiger partial charge in [0.25, 0.3) is 5.91 Å². The summed E-state index contributed by atoms with van der Waals surface area (Å²) in [7, 11) is 0. The van der Waals surface area contributed by atoms with Gasteiger partial charge in [0.15, 0.2) is 0 Å². The number of benzene rings is 1. The van der Waals surface area contributed by atoms with Crippen LogP contribution in [0.5, 0.6) is 0 Å². The molecule has 198 valence electrons. The van der Waals surface area contributed by atoms with Crippen LogP contribution >= 0.6 is 0 Å².